The van der Waals surface area contributed by atoms with Crippen molar-refractivity contribution in [3.8, 4) is 0 Å². The number of nitrogens with one attached hydrogen (secondary N) is 1. The summed E-state index contributed by atoms with van der Waals surface area (Å²) in [5.41, 5.74) is 3.28. The average molecular weight is 488 g/mol. The fourth-order valence-corrected chi connectivity index (χ4v) is 5.29. The summed E-state index contributed by atoms with van der Waals surface area (Å²) < 4.78 is 1.70. The van der Waals surface area contributed by atoms with E-state index in [0.29, 0.717) is 43.2 Å². The molecule has 5 rings (SSSR count). The van der Waals surface area contributed by atoms with Crippen molar-refractivity contribution in [3.05, 3.63) is 86.5 Å². The third-order valence-electron chi connectivity index (χ3n) is 6.49. The number of hydrogen-bond acceptors (Lipinski definition) is 6. The van der Waals surface area contributed by atoms with Crippen LogP contribution in [0.2, 0.25) is 0 Å². The molecule has 0 spiro atoms. The number of nitrogens with zero attached hydrogens (tertiary/aromatic N) is 4. The Morgan fingerprint density at radius 3 is 2.83 bits per heavy atom. The van der Waals surface area contributed by atoms with E-state index in [-0.39, 0.29) is 17.4 Å². The first-order chi connectivity index (χ1) is 17.1. The highest BCUT2D eigenvalue weighted by atomic mass is 32.1. The number of rotatable bonds is 7. The Bertz CT molecular complexity index is 1360. The van der Waals surface area contributed by atoms with Gasteiger partial charge in [0.05, 0.1) is 12.5 Å². The fourth-order valence-electron chi connectivity index (χ4n) is 4.58. The largest absolute Gasteiger partial charge is 0.355 e. The summed E-state index contributed by atoms with van der Waals surface area (Å²) in [4.78, 5) is 38.9. The third-order valence-corrected chi connectivity index (χ3v) is 7.42. The number of hydrogen-bond donors (Lipinski definition) is 1. The van der Waals surface area contributed by atoms with Gasteiger partial charge in [-0.25, -0.2) is 9.97 Å². The van der Waals surface area contributed by atoms with Gasteiger partial charge in [-0.1, -0.05) is 35.9 Å². The summed E-state index contributed by atoms with van der Waals surface area (Å²) >= 11 is 1.70. The van der Waals surface area contributed by atoms with Crippen LogP contribution in [0.4, 0.5) is 5.82 Å². The van der Waals surface area contributed by atoms with Crippen molar-refractivity contribution in [1.82, 2.24) is 19.9 Å². The maximum absolute atomic E-state index is 13.7. The average Bonchev–Trinajstić information content (AvgIpc) is 3.40. The molecule has 1 aliphatic heterocycles. The molecule has 4 aromatic rings. The highest BCUT2D eigenvalue weighted by molar-refractivity contribution is 7.09. The molecule has 3 aromatic heterocycles. The molecule has 8 heteroatoms. The Morgan fingerprint density at radius 2 is 2.03 bits per heavy atom. The first-order valence-electron chi connectivity index (χ1n) is 12.0. The zero-order valence-electron chi connectivity index (χ0n) is 19.8. The highest BCUT2D eigenvalue weighted by Crippen LogP contribution is 2.22. The molecule has 1 aliphatic rings. The second-order valence-electron chi connectivity index (χ2n) is 9.06. The van der Waals surface area contributed by atoms with Gasteiger partial charge in [0.2, 0.25) is 5.91 Å². The minimum Gasteiger partial charge on any atom is -0.355 e. The molecule has 1 aromatic carbocycles. The smallest absolute Gasteiger partial charge is 0.295 e. The topological polar surface area (TPSA) is 80.1 Å². The maximum atomic E-state index is 13.7. The van der Waals surface area contributed by atoms with E-state index in [1.54, 1.807) is 22.1 Å². The van der Waals surface area contributed by atoms with Crippen LogP contribution in [0.1, 0.15) is 28.8 Å². The van der Waals surface area contributed by atoms with Crippen molar-refractivity contribution in [1.29, 1.82) is 0 Å². The molecule has 4 heterocycles. The van der Waals surface area contributed by atoms with Crippen molar-refractivity contribution < 1.29 is 4.79 Å². The molecular formula is C27H29N5O2S. The number of thiophene rings is 1. The molecule has 1 saturated heterocycles. The van der Waals surface area contributed by atoms with Crippen LogP contribution in [-0.2, 0) is 17.8 Å². The van der Waals surface area contributed by atoms with Crippen molar-refractivity contribution in [2.24, 2.45) is 5.92 Å². The Morgan fingerprint density at radius 1 is 1.17 bits per heavy atom. The number of amides is 1. The maximum Gasteiger partial charge on any atom is 0.295 e. The van der Waals surface area contributed by atoms with Crippen LogP contribution < -0.4 is 15.8 Å². The van der Waals surface area contributed by atoms with E-state index in [9.17, 15) is 9.59 Å². The molecule has 0 radical (unpaired) electrons. The van der Waals surface area contributed by atoms with Crippen LogP contribution in [0.15, 0.2) is 64.9 Å². The van der Waals surface area contributed by atoms with Gasteiger partial charge >= 0.3 is 0 Å². The molecule has 1 amide bonds. The lowest BCUT2D eigenvalue weighted by molar-refractivity contribution is -0.125. The van der Waals surface area contributed by atoms with Gasteiger partial charge < -0.3 is 10.2 Å². The van der Waals surface area contributed by atoms with Gasteiger partial charge in [0.1, 0.15) is 5.52 Å². The first-order valence-corrected chi connectivity index (χ1v) is 12.9. The van der Waals surface area contributed by atoms with Crippen LogP contribution in [-0.4, -0.2) is 40.1 Å². The first kappa shape index (κ1) is 23.2. The standard InChI is InChI=1S/C27H29N5O2S/c1-19-8-10-20(11-9-19)17-32-24-23(7-2-13-28-24)30-25(27(32)34)31-15-3-5-21(18-31)26(33)29-14-12-22-6-4-16-35-22/h2,4,6-11,13,16,21H,3,5,12,14-15,17-18H2,1H3,(H,29,33)/t21-/m0/s1. The molecular weight excluding hydrogens is 458 g/mol. The summed E-state index contributed by atoms with van der Waals surface area (Å²) in [6.45, 7) is 4.28. The van der Waals surface area contributed by atoms with E-state index in [4.69, 9.17) is 4.98 Å². The fraction of sp³-hybridized carbons (Fsp3) is 0.333. The molecule has 0 saturated carbocycles. The van der Waals surface area contributed by atoms with E-state index in [1.165, 1.54) is 10.4 Å². The molecule has 1 atom stereocenters. The SMILES string of the molecule is Cc1ccc(Cn2c(=O)c(N3CCC[C@H](C(=O)NCCc4cccs4)C3)nc3cccnc32)cc1. The second-order valence-corrected chi connectivity index (χ2v) is 10.1. The third kappa shape index (κ3) is 5.27. The Kier molecular flexibility index (Phi) is 6.90. The van der Waals surface area contributed by atoms with Crippen LogP contribution in [0.5, 0.6) is 0 Å². The number of fused-ring (bicyclic) bond motifs is 1. The van der Waals surface area contributed by atoms with Gasteiger partial charge in [-0.05, 0) is 55.3 Å². The van der Waals surface area contributed by atoms with Gasteiger partial charge in [-0.2, -0.15) is 0 Å². The van der Waals surface area contributed by atoms with Crippen molar-refractivity contribution in [3.63, 3.8) is 0 Å². The molecule has 0 bridgehead atoms. The van der Waals surface area contributed by atoms with Crippen LogP contribution in [0, 0.1) is 12.8 Å². The zero-order valence-corrected chi connectivity index (χ0v) is 20.6. The van der Waals surface area contributed by atoms with E-state index < -0.39 is 0 Å². The molecule has 35 heavy (non-hydrogen) atoms. The number of anilines is 1. The number of benzene rings is 1. The normalized spacial score (nSPS) is 15.9. The summed E-state index contributed by atoms with van der Waals surface area (Å²) in [7, 11) is 0. The second kappa shape index (κ2) is 10.4. The van der Waals surface area contributed by atoms with E-state index in [1.807, 2.05) is 59.7 Å². The van der Waals surface area contributed by atoms with Gasteiger partial charge in [0.25, 0.3) is 5.56 Å². The van der Waals surface area contributed by atoms with Crippen molar-refractivity contribution >= 4 is 34.2 Å². The van der Waals surface area contributed by atoms with Gasteiger partial charge in [0, 0.05) is 30.7 Å². The Labute approximate surface area is 208 Å². The lowest BCUT2D eigenvalue weighted by Crippen LogP contribution is -2.46. The quantitative estimate of drug-likeness (QED) is 0.429. The molecule has 0 unspecified atom stereocenters. The summed E-state index contributed by atoms with van der Waals surface area (Å²) in [6, 6.07) is 16.0. The van der Waals surface area contributed by atoms with Gasteiger partial charge in [-0.3, -0.25) is 14.2 Å². The van der Waals surface area contributed by atoms with E-state index in [0.717, 1.165) is 24.8 Å². The van der Waals surface area contributed by atoms with Crippen LogP contribution >= 0.6 is 11.3 Å². The monoisotopic (exact) mass is 487 g/mol. The summed E-state index contributed by atoms with van der Waals surface area (Å²) in [5.74, 6) is 0.283. The molecule has 0 aliphatic carbocycles. The lowest BCUT2D eigenvalue weighted by Gasteiger charge is -2.32. The van der Waals surface area contributed by atoms with E-state index >= 15 is 0 Å². The number of aromatic nitrogens is 3. The van der Waals surface area contributed by atoms with Crippen LogP contribution in [0.3, 0.4) is 0 Å². The van der Waals surface area contributed by atoms with Gasteiger partial charge in [-0.15, -0.1) is 11.3 Å². The number of piperidine rings is 1. The zero-order chi connectivity index (χ0) is 24.2. The molecule has 180 valence electrons. The lowest BCUT2D eigenvalue weighted by atomic mass is 9.97. The van der Waals surface area contributed by atoms with Gasteiger partial charge in [0.15, 0.2) is 11.5 Å². The summed E-state index contributed by atoms with van der Waals surface area (Å²) in [6.07, 6.45) is 4.18. The number of aryl methyl sites for hydroxylation is 1. The molecule has 1 fully saturated rings. The van der Waals surface area contributed by atoms with Crippen molar-refractivity contribution in [2.45, 2.75) is 32.7 Å². The molecule has 1 N–H and O–H groups in total. The predicted molar refractivity (Wildman–Crippen MR) is 140 cm³/mol. The minimum atomic E-state index is -0.171. The Balaban J connectivity index is 1.37. The predicted octanol–water partition coefficient (Wildman–Crippen LogP) is 3.79. The van der Waals surface area contributed by atoms with E-state index in [2.05, 4.69) is 16.4 Å². The van der Waals surface area contributed by atoms with Crippen molar-refractivity contribution in [2.75, 3.05) is 24.5 Å². The molecule has 7 nitrogen and oxygen atoms in total. The van der Waals surface area contributed by atoms with Crippen LogP contribution in [0.25, 0.3) is 11.2 Å². The highest BCUT2D eigenvalue weighted by Gasteiger charge is 2.28. The number of carbonyl (C=O) groups is 1. The minimum absolute atomic E-state index is 0.0497. The summed E-state index contributed by atoms with van der Waals surface area (Å²) in [5, 5.41) is 5.13. The Hall–Kier alpha value is -3.52. The number of pyridine rings is 1. The number of carbonyl (C=O) groups excluding carboxylic acids is 1.